The van der Waals surface area contributed by atoms with Crippen LogP contribution in [0.15, 0.2) is 47.0 Å². The Labute approximate surface area is 173 Å². The molecule has 1 atom stereocenters. The first-order chi connectivity index (χ1) is 13.9. The molecule has 2 heterocycles. The van der Waals surface area contributed by atoms with Gasteiger partial charge in [0.15, 0.2) is 0 Å². The lowest BCUT2D eigenvalue weighted by atomic mass is 10.0. The number of carbonyl (C=O) groups excluding carboxylic acids is 1. The number of aromatic nitrogens is 2. The molecule has 1 unspecified atom stereocenters. The van der Waals surface area contributed by atoms with E-state index in [9.17, 15) is 9.18 Å². The maximum absolute atomic E-state index is 13.7. The van der Waals surface area contributed by atoms with Crippen molar-refractivity contribution in [3.8, 4) is 11.4 Å². The van der Waals surface area contributed by atoms with Crippen molar-refractivity contribution in [2.45, 2.75) is 45.2 Å². The van der Waals surface area contributed by atoms with Crippen LogP contribution in [-0.2, 0) is 11.3 Å². The Morgan fingerprint density at radius 3 is 2.69 bits per heavy atom. The second kappa shape index (κ2) is 7.95. The number of halogens is 2. The first-order valence-electron chi connectivity index (χ1n) is 9.59. The van der Waals surface area contributed by atoms with Gasteiger partial charge in [-0.25, -0.2) is 4.39 Å². The summed E-state index contributed by atoms with van der Waals surface area (Å²) in [4.78, 5) is 18.7. The van der Waals surface area contributed by atoms with E-state index in [1.165, 1.54) is 17.7 Å². The summed E-state index contributed by atoms with van der Waals surface area (Å²) < 4.78 is 19.2. The third kappa shape index (κ3) is 4.03. The smallest absolute Gasteiger partial charge is 0.249 e. The maximum Gasteiger partial charge on any atom is 0.249 e. The van der Waals surface area contributed by atoms with Crippen LogP contribution < -0.4 is 0 Å². The lowest BCUT2D eigenvalue weighted by Gasteiger charge is -2.22. The Morgan fingerprint density at radius 1 is 1.24 bits per heavy atom. The third-order valence-electron chi connectivity index (χ3n) is 5.23. The Morgan fingerprint density at radius 2 is 2.00 bits per heavy atom. The van der Waals surface area contributed by atoms with E-state index in [0.717, 1.165) is 5.56 Å². The van der Waals surface area contributed by atoms with E-state index < -0.39 is 5.82 Å². The summed E-state index contributed by atoms with van der Waals surface area (Å²) in [6.07, 6.45) is 1.04. The van der Waals surface area contributed by atoms with Crippen LogP contribution in [0.4, 0.5) is 4.39 Å². The van der Waals surface area contributed by atoms with Crippen molar-refractivity contribution in [1.82, 2.24) is 15.0 Å². The Bertz CT molecular complexity index is 1030. The molecule has 1 saturated heterocycles. The highest BCUT2D eigenvalue weighted by Gasteiger charge is 2.36. The molecule has 0 saturated carbocycles. The highest BCUT2D eigenvalue weighted by molar-refractivity contribution is 6.30. The van der Waals surface area contributed by atoms with E-state index in [1.54, 1.807) is 11.0 Å². The summed E-state index contributed by atoms with van der Waals surface area (Å²) in [6.45, 7) is 4.78. The molecular formula is C22H21ClFN3O2. The topological polar surface area (TPSA) is 59.2 Å². The summed E-state index contributed by atoms with van der Waals surface area (Å²) >= 11 is 5.73. The third-order valence-corrected chi connectivity index (χ3v) is 5.54. The van der Waals surface area contributed by atoms with Gasteiger partial charge < -0.3 is 9.42 Å². The highest BCUT2D eigenvalue weighted by atomic mass is 35.5. The zero-order valence-electron chi connectivity index (χ0n) is 16.2. The molecule has 7 heteroatoms. The number of hydrogen-bond donors (Lipinski definition) is 0. The van der Waals surface area contributed by atoms with Crippen molar-refractivity contribution in [1.29, 1.82) is 0 Å². The molecule has 0 N–H and O–H groups in total. The lowest BCUT2D eigenvalue weighted by molar-refractivity contribution is -0.129. The van der Waals surface area contributed by atoms with Gasteiger partial charge in [-0.2, -0.15) is 4.98 Å². The van der Waals surface area contributed by atoms with Crippen LogP contribution in [-0.4, -0.2) is 20.9 Å². The van der Waals surface area contributed by atoms with Gasteiger partial charge >= 0.3 is 0 Å². The summed E-state index contributed by atoms with van der Waals surface area (Å²) in [6, 6.07) is 12.4. The number of hydrogen-bond acceptors (Lipinski definition) is 4. The van der Waals surface area contributed by atoms with Crippen LogP contribution in [0.5, 0.6) is 0 Å². The highest BCUT2D eigenvalue weighted by Crippen LogP contribution is 2.34. The monoisotopic (exact) mass is 413 g/mol. The summed E-state index contributed by atoms with van der Waals surface area (Å²) in [5, 5.41) is 4.00. The quantitative estimate of drug-likeness (QED) is 0.552. The fourth-order valence-corrected chi connectivity index (χ4v) is 3.63. The summed E-state index contributed by atoms with van der Waals surface area (Å²) in [7, 11) is 0. The lowest BCUT2D eigenvalue weighted by Crippen LogP contribution is -2.27. The minimum Gasteiger partial charge on any atom is -0.337 e. The number of carbonyl (C=O) groups is 1. The number of rotatable bonds is 5. The van der Waals surface area contributed by atoms with Gasteiger partial charge in [0.25, 0.3) is 0 Å². The molecule has 5 nitrogen and oxygen atoms in total. The Balaban J connectivity index is 1.55. The fraction of sp³-hybridized carbons (Fsp3) is 0.318. The van der Waals surface area contributed by atoms with E-state index in [0.29, 0.717) is 36.8 Å². The number of amides is 1. The zero-order valence-corrected chi connectivity index (χ0v) is 17.0. The molecule has 0 aliphatic carbocycles. The molecule has 2 aromatic carbocycles. The van der Waals surface area contributed by atoms with Crippen LogP contribution >= 0.6 is 11.6 Å². The maximum atomic E-state index is 13.7. The van der Waals surface area contributed by atoms with Gasteiger partial charge in [0.1, 0.15) is 11.9 Å². The zero-order chi connectivity index (χ0) is 20.5. The molecule has 1 aromatic heterocycles. The predicted octanol–water partition coefficient (Wildman–Crippen LogP) is 5.52. The van der Waals surface area contributed by atoms with Crippen LogP contribution in [0, 0.1) is 5.82 Å². The van der Waals surface area contributed by atoms with E-state index >= 15 is 0 Å². The molecular weight excluding hydrogens is 393 g/mol. The van der Waals surface area contributed by atoms with Crippen molar-refractivity contribution < 1.29 is 13.7 Å². The van der Waals surface area contributed by atoms with Gasteiger partial charge in [-0.3, -0.25) is 4.79 Å². The second-order valence-corrected chi connectivity index (χ2v) is 7.96. The molecule has 1 aliphatic heterocycles. The van der Waals surface area contributed by atoms with Gasteiger partial charge in [0.2, 0.25) is 17.6 Å². The average molecular weight is 414 g/mol. The van der Waals surface area contributed by atoms with E-state index in [1.807, 2.05) is 12.1 Å². The van der Waals surface area contributed by atoms with Gasteiger partial charge in [-0.15, -0.1) is 0 Å². The predicted molar refractivity (Wildman–Crippen MR) is 108 cm³/mol. The first-order valence-corrected chi connectivity index (χ1v) is 9.97. The average Bonchev–Trinajstić information content (AvgIpc) is 3.32. The van der Waals surface area contributed by atoms with Gasteiger partial charge in [0.05, 0.1) is 5.02 Å². The van der Waals surface area contributed by atoms with Crippen molar-refractivity contribution in [3.63, 3.8) is 0 Å². The molecule has 0 bridgehead atoms. The minimum absolute atomic E-state index is 0.0357. The van der Waals surface area contributed by atoms with Gasteiger partial charge in [-0.1, -0.05) is 54.9 Å². The number of nitrogens with zero attached hydrogens (tertiary/aromatic N) is 3. The van der Waals surface area contributed by atoms with Crippen LogP contribution in [0.3, 0.4) is 0 Å². The van der Waals surface area contributed by atoms with Crippen LogP contribution in [0.1, 0.15) is 55.7 Å². The number of likely N-dealkylation sites (tertiary alicyclic amines) is 1. The molecule has 4 rings (SSSR count). The first kappa shape index (κ1) is 19.6. The van der Waals surface area contributed by atoms with E-state index in [2.05, 4.69) is 36.1 Å². The fourth-order valence-electron chi connectivity index (χ4n) is 3.52. The van der Waals surface area contributed by atoms with Crippen LogP contribution in [0.2, 0.25) is 5.02 Å². The van der Waals surface area contributed by atoms with Gasteiger partial charge in [-0.05, 0) is 41.7 Å². The summed E-state index contributed by atoms with van der Waals surface area (Å²) in [5.41, 5.74) is 2.78. The van der Waals surface area contributed by atoms with Crippen molar-refractivity contribution in [2.24, 2.45) is 0 Å². The molecule has 29 heavy (non-hydrogen) atoms. The Hall–Kier alpha value is -2.73. The summed E-state index contributed by atoms with van der Waals surface area (Å²) in [5.74, 6) is 0.606. The molecule has 1 aliphatic rings. The second-order valence-electron chi connectivity index (χ2n) is 7.56. The largest absolute Gasteiger partial charge is 0.337 e. The van der Waals surface area contributed by atoms with Gasteiger partial charge in [0, 0.05) is 18.5 Å². The van der Waals surface area contributed by atoms with E-state index in [4.69, 9.17) is 16.1 Å². The molecule has 1 amide bonds. The Kier molecular flexibility index (Phi) is 5.37. The van der Waals surface area contributed by atoms with Crippen molar-refractivity contribution >= 4 is 17.5 Å². The molecule has 0 radical (unpaired) electrons. The molecule has 1 fully saturated rings. The SMILES string of the molecule is CC(C)c1ccc(CN2C(=O)CCC2c2nc(-c3ccc(Cl)c(F)c3)no2)cc1. The van der Waals surface area contributed by atoms with Crippen molar-refractivity contribution in [3.05, 3.63) is 70.3 Å². The standard InChI is InChI=1S/C22H21ClFN3O2/c1-13(2)15-5-3-14(4-6-15)12-27-19(9-10-20(27)28)22-25-21(26-29-22)16-7-8-17(23)18(24)11-16/h3-8,11,13,19H,9-10,12H2,1-2H3. The van der Waals surface area contributed by atoms with Crippen LogP contribution in [0.25, 0.3) is 11.4 Å². The molecule has 0 spiro atoms. The van der Waals surface area contributed by atoms with Crippen molar-refractivity contribution in [2.75, 3.05) is 0 Å². The molecule has 3 aromatic rings. The number of benzene rings is 2. The molecule has 150 valence electrons. The van der Waals surface area contributed by atoms with E-state index in [-0.39, 0.29) is 22.8 Å². The minimum atomic E-state index is -0.543. The normalized spacial score (nSPS) is 16.8.